The van der Waals surface area contributed by atoms with Crippen molar-refractivity contribution in [2.75, 3.05) is 12.4 Å². The van der Waals surface area contributed by atoms with Gasteiger partial charge in [-0.2, -0.15) is 13.2 Å². The van der Waals surface area contributed by atoms with E-state index in [1.54, 1.807) is 0 Å². The Kier molecular flexibility index (Phi) is 4.96. The number of carbonyl (C=O) groups excluding carboxylic acids is 1. The summed E-state index contributed by atoms with van der Waals surface area (Å²) in [5.74, 6) is -3.50. The van der Waals surface area contributed by atoms with Gasteiger partial charge >= 0.3 is 6.18 Å². The van der Waals surface area contributed by atoms with Gasteiger partial charge in [0.25, 0.3) is 0 Å². The Morgan fingerprint density at radius 2 is 1.88 bits per heavy atom. The number of alkyl halides is 3. The Hall–Kier alpha value is -2.78. The molecule has 2 N–H and O–H groups in total. The number of likely N-dealkylation sites (N-methyl/N-ethyl adjacent to an activating group) is 1. The first-order chi connectivity index (χ1) is 11.2. The van der Waals surface area contributed by atoms with Crippen LogP contribution in [0.15, 0.2) is 30.5 Å². The van der Waals surface area contributed by atoms with Gasteiger partial charge in [-0.25, -0.2) is 18.7 Å². The fraction of sp³-hybridized carbons (Fsp3) is 0.214. The molecule has 24 heavy (non-hydrogen) atoms. The molecule has 1 atom stereocenters. The molecule has 2 aromatic rings. The molecule has 0 unspecified atom stereocenters. The maximum Gasteiger partial charge on any atom is 0.433 e. The lowest BCUT2D eigenvalue weighted by Gasteiger charge is -2.18. The zero-order valence-corrected chi connectivity index (χ0v) is 12.2. The van der Waals surface area contributed by atoms with Gasteiger partial charge in [-0.05, 0) is 23.8 Å². The molecule has 0 saturated carbocycles. The lowest BCUT2D eigenvalue weighted by Crippen LogP contribution is -2.31. The van der Waals surface area contributed by atoms with Gasteiger partial charge in [0.2, 0.25) is 11.9 Å². The van der Waals surface area contributed by atoms with E-state index < -0.39 is 41.4 Å². The smallest absolute Gasteiger partial charge is 0.357 e. The van der Waals surface area contributed by atoms with Crippen LogP contribution >= 0.6 is 0 Å². The van der Waals surface area contributed by atoms with Gasteiger partial charge < -0.3 is 10.6 Å². The summed E-state index contributed by atoms with van der Waals surface area (Å²) in [6.07, 6.45) is -3.83. The molecule has 2 rings (SSSR count). The maximum atomic E-state index is 13.4. The van der Waals surface area contributed by atoms with Crippen LogP contribution in [-0.4, -0.2) is 22.9 Å². The van der Waals surface area contributed by atoms with Crippen LogP contribution in [0.3, 0.4) is 0 Å². The minimum Gasteiger partial charge on any atom is -0.357 e. The highest BCUT2D eigenvalue weighted by atomic mass is 19.4. The van der Waals surface area contributed by atoms with Gasteiger partial charge in [0.05, 0.1) is 0 Å². The fourth-order valence-electron chi connectivity index (χ4n) is 1.85. The number of amides is 1. The van der Waals surface area contributed by atoms with Crippen LogP contribution in [-0.2, 0) is 11.0 Å². The zero-order chi connectivity index (χ0) is 17.9. The normalized spacial score (nSPS) is 12.6. The highest BCUT2D eigenvalue weighted by molar-refractivity contribution is 5.85. The van der Waals surface area contributed by atoms with E-state index in [0.29, 0.717) is 6.07 Å². The summed E-state index contributed by atoms with van der Waals surface area (Å²) in [6.45, 7) is 0. The zero-order valence-electron chi connectivity index (χ0n) is 12.2. The molecule has 0 aliphatic heterocycles. The van der Waals surface area contributed by atoms with E-state index in [1.807, 2.05) is 0 Å². The van der Waals surface area contributed by atoms with Crippen LogP contribution in [0.4, 0.5) is 27.9 Å². The maximum absolute atomic E-state index is 13.4. The lowest BCUT2D eigenvalue weighted by atomic mass is 10.1. The number of benzene rings is 1. The summed E-state index contributed by atoms with van der Waals surface area (Å²) in [4.78, 5) is 18.8. The van der Waals surface area contributed by atoms with Gasteiger partial charge in [-0.15, -0.1) is 0 Å². The van der Waals surface area contributed by atoms with E-state index in [-0.39, 0.29) is 5.56 Å². The molecular formula is C14H11F5N4O. The number of halogens is 5. The Balaban J connectivity index is 2.36. The number of carbonyl (C=O) groups is 1. The van der Waals surface area contributed by atoms with Crippen LogP contribution in [0.25, 0.3) is 0 Å². The van der Waals surface area contributed by atoms with E-state index in [2.05, 4.69) is 20.6 Å². The lowest BCUT2D eigenvalue weighted by molar-refractivity contribution is -0.141. The molecule has 1 heterocycles. The van der Waals surface area contributed by atoms with Gasteiger partial charge in [0, 0.05) is 13.2 Å². The van der Waals surface area contributed by atoms with Crippen molar-refractivity contribution in [2.24, 2.45) is 0 Å². The summed E-state index contributed by atoms with van der Waals surface area (Å²) in [5.41, 5.74) is -1.21. The van der Waals surface area contributed by atoms with Crippen LogP contribution in [0, 0.1) is 11.6 Å². The number of rotatable bonds is 4. The topological polar surface area (TPSA) is 66.9 Å². The molecule has 128 valence electrons. The predicted octanol–water partition coefficient (Wildman–Crippen LogP) is 2.67. The van der Waals surface area contributed by atoms with E-state index in [9.17, 15) is 26.7 Å². The highest BCUT2D eigenvalue weighted by Gasteiger charge is 2.33. The second kappa shape index (κ2) is 6.77. The number of hydrogen-bond donors (Lipinski definition) is 2. The van der Waals surface area contributed by atoms with Crippen molar-refractivity contribution in [1.29, 1.82) is 0 Å². The number of nitrogens with zero attached hydrogens (tertiary/aromatic N) is 2. The largest absolute Gasteiger partial charge is 0.433 e. The first-order valence-electron chi connectivity index (χ1n) is 6.55. The fourth-order valence-corrected chi connectivity index (χ4v) is 1.85. The van der Waals surface area contributed by atoms with Gasteiger partial charge in [-0.3, -0.25) is 4.79 Å². The number of nitrogens with one attached hydrogen (secondary N) is 2. The van der Waals surface area contributed by atoms with Gasteiger partial charge in [-0.1, -0.05) is 6.07 Å². The first kappa shape index (κ1) is 17.6. The second-order valence-corrected chi connectivity index (χ2v) is 4.63. The van der Waals surface area contributed by atoms with Crippen LogP contribution < -0.4 is 10.6 Å². The van der Waals surface area contributed by atoms with Gasteiger partial charge in [0.1, 0.15) is 11.7 Å². The van der Waals surface area contributed by atoms with Crippen LogP contribution in [0.5, 0.6) is 0 Å². The minimum absolute atomic E-state index is 0.00531. The summed E-state index contributed by atoms with van der Waals surface area (Å²) in [5, 5.41) is 4.65. The van der Waals surface area contributed by atoms with Crippen LogP contribution in [0.1, 0.15) is 17.3 Å². The van der Waals surface area contributed by atoms with Crippen molar-refractivity contribution in [3.8, 4) is 0 Å². The molecule has 0 saturated heterocycles. The molecule has 0 aliphatic rings. The van der Waals surface area contributed by atoms with E-state index in [4.69, 9.17) is 0 Å². The van der Waals surface area contributed by atoms with E-state index in [1.165, 1.54) is 7.05 Å². The standard InChI is InChI=1S/C14H11F5N4O/c1-20-12(24)11(7-2-3-8(15)9(16)6-7)23-13-21-5-4-10(22-13)14(17,18)19/h2-6,11H,1H3,(H,20,24)(H,21,22,23)/t11-/m1/s1. The Bertz CT molecular complexity index is 750. The number of anilines is 1. The predicted molar refractivity (Wildman–Crippen MR) is 73.8 cm³/mol. The van der Waals surface area contributed by atoms with Gasteiger partial charge in [0.15, 0.2) is 11.6 Å². The third-order valence-electron chi connectivity index (χ3n) is 3.01. The third kappa shape index (κ3) is 3.94. The second-order valence-electron chi connectivity index (χ2n) is 4.63. The number of aromatic nitrogens is 2. The van der Waals surface area contributed by atoms with E-state index in [0.717, 1.165) is 24.4 Å². The molecule has 1 aromatic carbocycles. The molecule has 1 aromatic heterocycles. The van der Waals surface area contributed by atoms with Crippen molar-refractivity contribution in [3.05, 3.63) is 53.4 Å². The summed E-state index contributed by atoms with van der Waals surface area (Å²) in [6, 6.07) is 2.04. The van der Waals surface area contributed by atoms with Crippen molar-refractivity contribution in [1.82, 2.24) is 15.3 Å². The monoisotopic (exact) mass is 346 g/mol. The van der Waals surface area contributed by atoms with Crippen LogP contribution in [0.2, 0.25) is 0 Å². The third-order valence-corrected chi connectivity index (χ3v) is 3.01. The van der Waals surface area contributed by atoms with E-state index >= 15 is 0 Å². The SMILES string of the molecule is CNC(=O)[C@H](Nc1nccc(C(F)(F)F)n1)c1ccc(F)c(F)c1. The van der Waals surface area contributed by atoms with Crippen molar-refractivity contribution < 1.29 is 26.7 Å². The van der Waals surface area contributed by atoms with Crippen molar-refractivity contribution >= 4 is 11.9 Å². The Morgan fingerprint density at radius 3 is 2.46 bits per heavy atom. The summed E-state index contributed by atoms with van der Waals surface area (Å²) >= 11 is 0. The van der Waals surface area contributed by atoms with Crippen molar-refractivity contribution in [3.63, 3.8) is 0 Å². The molecule has 0 fully saturated rings. The number of hydrogen-bond acceptors (Lipinski definition) is 4. The molecule has 5 nitrogen and oxygen atoms in total. The molecule has 0 radical (unpaired) electrons. The summed E-state index contributed by atoms with van der Waals surface area (Å²) in [7, 11) is 1.28. The molecule has 0 bridgehead atoms. The quantitative estimate of drug-likeness (QED) is 0.836. The Morgan fingerprint density at radius 1 is 1.17 bits per heavy atom. The summed E-state index contributed by atoms with van der Waals surface area (Å²) < 4.78 is 64.3. The molecular weight excluding hydrogens is 335 g/mol. The molecule has 1 amide bonds. The average molecular weight is 346 g/mol. The molecule has 10 heteroatoms. The first-order valence-corrected chi connectivity index (χ1v) is 6.55. The molecule has 0 spiro atoms. The average Bonchev–Trinajstić information content (AvgIpc) is 2.54. The van der Waals surface area contributed by atoms with Crippen molar-refractivity contribution in [2.45, 2.75) is 12.2 Å². The highest BCUT2D eigenvalue weighted by Crippen LogP contribution is 2.28. The minimum atomic E-state index is -4.69. The molecule has 0 aliphatic carbocycles. The Labute approximate surface area is 132 Å².